The number of hydrogen-bond donors (Lipinski definition) is 1. The van der Waals surface area contributed by atoms with Gasteiger partial charge in [-0.25, -0.2) is 0 Å². The van der Waals surface area contributed by atoms with E-state index in [0.29, 0.717) is 0 Å². The first-order valence-corrected chi connectivity index (χ1v) is 16.0. The van der Waals surface area contributed by atoms with Gasteiger partial charge >= 0.3 is 43.7 Å². The van der Waals surface area contributed by atoms with Crippen LogP contribution in [0.1, 0.15) is 18.1 Å². The average molecular weight is 435 g/mol. The second kappa shape index (κ2) is 9.71. The van der Waals surface area contributed by atoms with Gasteiger partial charge in [0.25, 0.3) is 0 Å². The van der Waals surface area contributed by atoms with E-state index in [-0.39, 0.29) is 0 Å². The first-order chi connectivity index (χ1) is 10.4. The Labute approximate surface area is 149 Å². The van der Waals surface area contributed by atoms with Crippen LogP contribution in [0, 0.1) is 17.2 Å². The molecule has 0 saturated carbocycles. The number of benzene rings is 2. The van der Waals surface area contributed by atoms with Crippen molar-refractivity contribution in [1.29, 1.82) is 5.26 Å². The SMILES string of the molecule is CC(C#N)C(O)(c1ccccc1)c1ccccc1.[Cl][Zr]([Cl])[Cl]. The van der Waals surface area contributed by atoms with Gasteiger partial charge in [-0.2, -0.15) is 5.26 Å². The van der Waals surface area contributed by atoms with Gasteiger partial charge in [0.1, 0.15) is 5.60 Å². The van der Waals surface area contributed by atoms with Crippen molar-refractivity contribution >= 4 is 25.5 Å². The summed E-state index contributed by atoms with van der Waals surface area (Å²) in [6.07, 6.45) is 0. The summed E-state index contributed by atoms with van der Waals surface area (Å²) in [5.74, 6) is -0.526. The van der Waals surface area contributed by atoms with Gasteiger partial charge in [-0.15, -0.1) is 0 Å². The topological polar surface area (TPSA) is 44.0 Å². The summed E-state index contributed by atoms with van der Waals surface area (Å²) in [7, 11) is 15.0. The number of nitriles is 1. The van der Waals surface area contributed by atoms with Gasteiger partial charge in [0.2, 0.25) is 0 Å². The van der Waals surface area contributed by atoms with Gasteiger partial charge in [0.05, 0.1) is 12.0 Å². The molecule has 0 fully saturated rings. The van der Waals surface area contributed by atoms with Crippen LogP contribution >= 0.6 is 25.5 Å². The number of halogens is 3. The van der Waals surface area contributed by atoms with Gasteiger partial charge < -0.3 is 5.11 Å². The Hall–Kier alpha value is -0.357. The normalized spacial score (nSPS) is 11.6. The molecule has 1 atom stereocenters. The Bertz CT molecular complexity index is 560. The molecular weight excluding hydrogens is 420 g/mol. The van der Waals surface area contributed by atoms with Crippen LogP contribution in [0.2, 0.25) is 0 Å². The predicted molar refractivity (Wildman–Crippen MR) is 88.2 cm³/mol. The van der Waals surface area contributed by atoms with Crippen molar-refractivity contribution in [2.45, 2.75) is 12.5 Å². The number of aliphatic hydroxyl groups is 1. The first-order valence-electron chi connectivity index (χ1n) is 6.49. The third kappa shape index (κ3) is 5.37. The summed E-state index contributed by atoms with van der Waals surface area (Å²) in [6, 6.07) is 20.8. The first kappa shape index (κ1) is 19.7. The molecule has 0 heterocycles. The van der Waals surface area contributed by atoms with E-state index in [1.54, 1.807) is 6.92 Å². The zero-order valence-corrected chi connectivity index (χ0v) is 16.6. The van der Waals surface area contributed by atoms with Crippen LogP contribution in [0.3, 0.4) is 0 Å². The van der Waals surface area contributed by atoms with E-state index in [2.05, 4.69) is 6.07 Å². The summed E-state index contributed by atoms with van der Waals surface area (Å²) in [5.41, 5.74) is 0.215. The fourth-order valence-corrected chi connectivity index (χ4v) is 2.14. The minimum atomic E-state index is -2.13. The van der Waals surface area contributed by atoms with Gasteiger partial charge in [-0.1, -0.05) is 60.7 Å². The Morgan fingerprint density at radius 1 is 0.955 bits per heavy atom. The van der Waals surface area contributed by atoms with Crippen LogP contribution in [0.15, 0.2) is 60.7 Å². The van der Waals surface area contributed by atoms with Crippen molar-refractivity contribution in [3.8, 4) is 6.07 Å². The molecule has 0 radical (unpaired) electrons. The molecule has 2 rings (SSSR count). The molecule has 6 heteroatoms. The fraction of sp³-hybridized carbons (Fsp3) is 0.188. The molecule has 2 aromatic carbocycles. The molecule has 115 valence electrons. The standard InChI is InChI=1S/C16H15NO.3ClH.Zr/c1-13(12-17)16(18,14-8-4-2-5-9-14)15-10-6-3-7-11-15;;;;/h2-11,13,18H,1H3;3*1H;/q;;;;+3/p-3. The van der Waals surface area contributed by atoms with E-state index in [1.165, 1.54) is 0 Å². The zero-order chi connectivity index (χ0) is 16.6. The number of rotatable bonds is 3. The molecule has 0 aliphatic carbocycles. The Kier molecular flexibility index (Phi) is 8.69. The van der Waals surface area contributed by atoms with Crippen molar-refractivity contribution in [3.63, 3.8) is 0 Å². The molecule has 1 unspecified atom stereocenters. The summed E-state index contributed by atoms with van der Waals surface area (Å²) in [6.45, 7) is 1.74. The second-order valence-corrected chi connectivity index (χ2v) is 15.8. The zero-order valence-electron chi connectivity index (χ0n) is 11.9. The molecular formula is C16H15Cl3NOZr. The molecule has 0 saturated heterocycles. The Morgan fingerprint density at radius 2 is 1.27 bits per heavy atom. The van der Waals surface area contributed by atoms with Gasteiger partial charge in [-0.3, -0.25) is 0 Å². The maximum atomic E-state index is 11.0. The van der Waals surface area contributed by atoms with Crippen molar-refractivity contribution in [2.24, 2.45) is 5.92 Å². The van der Waals surface area contributed by atoms with E-state index in [0.717, 1.165) is 11.1 Å². The van der Waals surface area contributed by atoms with E-state index < -0.39 is 29.7 Å². The van der Waals surface area contributed by atoms with Gasteiger partial charge in [-0.05, 0) is 18.1 Å². The second-order valence-electron chi connectivity index (χ2n) is 4.56. The molecule has 0 spiro atoms. The fourth-order valence-electron chi connectivity index (χ4n) is 2.14. The van der Waals surface area contributed by atoms with Crippen LogP contribution < -0.4 is 0 Å². The van der Waals surface area contributed by atoms with Gasteiger partial charge in [0.15, 0.2) is 0 Å². The van der Waals surface area contributed by atoms with Crippen LogP contribution in [0.4, 0.5) is 0 Å². The molecule has 0 aliphatic heterocycles. The molecule has 0 bridgehead atoms. The summed E-state index contributed by atoms with van der Waals surface area (Å²) < 4.78 is 0. The van der Waals surface area contributed by atoms with E-state index in [4.69, 9.17) is 25.5 Å². The van der Waals surface area contributed by atoms with Crippen LogP contribution in [-0.4, -0.2) is 5.11 Å². The molecule has 22 heavy (non-hydrogen) atoms. The quantitative estimate of drug-likeness (QED) is 0.726. The Balaban J connectivity index is 0.000000541. The van der Waals surface area contributed by atoms with E-state index >= 15 is 0 Å². The van der Waals surface area contributed by atoms with Crippen LogP contribution in [0.5, 0.6) is 0 Å². The number of hydrogen-bond acceptors (Lipinski definition) is 2. The number of nitrogens with zero attached hydrogens (tertiary/aromatic N) is 1. The van der Waals surface area contributed by atoms with Gasteiger partial charge in [0, 0.05) is 0 Å². The molecule has 0 aromatic heterocycles. The van der Waals surface area contributed by atoms with Crippen molar-refractivity contribution in [1.82, 2.24) is 0 Å². The molecule has 2 nitrogen and oxygen atoms in total. The molecule has 0 aliphatic rings. The third-order valence-corrected chi connectivity index (χ3v) is 3.25. The van der Waals surface area contributed by atoms with E-state index in [9.17, 15) is 10.4 Å². The monoisotopic (exact) mass is 432 g/mol. The summed E-state index contributed by atoms with van der Waals surface area (Å²) in [5, 5.41) is 20.2. The van der Waals surface area contributed by atoms with E-state index in [1.807, 2.05) is 60.7 Å². The van der Waals surface area contributed by atoms with Crippen LogP contribution in [0.25, 0.3) is 0 Å². The average Bonchev–Trinajstić information content (AvgIpc) is 2.54. The maximum absolute atomic E-state index is 11.0. The summed E-state index contributed by atoms with van der Waals surface area (Å²) >= 11 is -2.13. The molecule has 2 aromatic rings. The van der Waals surface area contributed by atoms with Crippen molar-refractivity contribution in [2.75, 3.05) is 0 Å². The Morgan fingerprint density at radius 3 is 1.55 bits per heavy atom. The third-order valence-electron chi connectivity index (χ3n) is 3.25. The molecule has 1 N–H and O–H groups in total. The van der Waals surface area contributed by atoms with Crippen molar-refractivity contribution < 1.29 is 23.3 Å². The molecule has 0 amide bonds. The summed E-state index contributed by atoms with van der Waals surface area (Å²) in [4.78, 5) is 0. The van der Waals surface area contributed by atoms with Crippen LogP contribution in [-0.2, 0) is 23.8 Å². The minimum absolute atomic E-state index is 0.526. The van der Waals surface area contributed by atoms with Crippen molar-refractivity contribution in [3.05, 3.63) is 71.8 Å². The predicted octanol–water partition coefficient (Wildman–Crippen LogP) is 5.15.